The van der Waals surface area contributed by atoms with E-state index in [1.807, 2.05) is 52.0 Å². The van der Waals surface area contributed by atoms with Gasteiger partial charge in [0.15, 0.2) is 18.1 Å². The van der Waals surface area contributed by atoms with Crippen LogP contribution in [0.5, 0.6) is 11.5 Å². The van der Waals surface area contributed by atoms with Crippen molar-refractivity contribution in [2.24, 2.45) is 5.10 Å². The number of halogens is 2. The van der Waals surface area contributed by atoms with Gasteiger partial charge in [-0.1, -0.05) is 35.9 Å². The van der Waals surface area contributed by atoms with Crippen LogP contribution in [0.1, 0.15) is 29.2 Å². The summed E-state index contributed by atoms with van der Waals surface area (Å²) in [5.41, 5.74) is 6.56. The Morgan fingerprint density at radius 2 is 1.67 bits per heavy atom. The summed E-state index contributed by atoms with van der Waals surface area (Å²) in [6, 6.07) is 14.2. The third-order valence-electron chi connectivity index (χ3n) is 5.44. The Morgan fingerprint density at radius 3 is 2.33 bits per heavy atom. The van der Waals surface area contributed by atoms with E-state index in [4.69, 9.17) is 21.1 Å². The molecule has 0 unspecified atom stereocenters. The molecule has 0 heterocycles. The molecule has 0 bridgehead atoms. The molecule has 3 aromatic carbocycles. The lowest BCUT2D eigenvalue weighted by Crippen LogP contribution is -2.32. The Labute approximate surface area is 245 Å². The van der Waals surface area contributed by atoms with E-state index < -0.39 is 11.8 Å². The van der Waals surface area contributed by atoms with Gasteiger partial charge in [-0.3, -0.25) is 14.4 Å². The summed E-state index contributed by atoms with van der Waals surface area (Å²) in [5, 5.41) is 9.81. The van der Waals surface area contributed by atoms with Crippen molar-refractivity contribution in [2.45, 2.75) is 27.7 Å². The Balaban J connectivity index is 1.63. The van der Waals surface area contributed by atoms with Gasteiger partial charge in [0.25, 0.3) is 5.91 Å². The first-order valence-electron chi connectivity index (χ1n) is 11.9. The average Bonchev–Trinajstić information content (AvgIpc) is 2.88. The van der Waals surface area contributed by atoms with Gasteiger partial charge >= 0.3 is 11.8 Å². The van der Waals surface area contributed by atoms with Gasteiger partial charge in [-0.05, 0) is 96.8 Å². The Bertz CT molecular complexity index is 1410. The number of ether oxygens (including phenoxy) is 2. The van der Waals surface area contributed by atoms with Crippen LogP contribution >= 0.6 is 34.2 Å². The van der Waals surface area contributed by atoms with Crippen LogP contribution in [0.3, 0.4) is 0 Å². The minimum absolute atomic E-state index is 0.249. The van der Waals surface area contributed by atoms with E-state index in [1.54, 1.807) is 24.3 Å². The summed E-state index contributed by atoms with van der Waals surface area (Å²) >= 11 is 8.18. The van der Waals surface area contributed by atoms with Crippen molar-refractivity contribution in [1.29, 1.82) is 0 Å². The molecule has 3 amide bonds. The highest BCUT2D eigenvalue weighted by molar-refractivity contribution is 14.1. The molecule has 39 heavy (non-hydrogen) atoms. The molecule has 3 aromatic rings. The molecule has 0 radical (unpaired) electrons. The number of nitrogens with zero attached hydrogens (tertiary/aromatic N) is 1. The van der Waals surface area contributed by atoms with Crippen molar-refractivity contribution >= 4 is 69.5 Å². The van der Waals surface area contributed by atoms with E-state index in [-0.39, 0.29) is 12.5 Å². The standard InChI is InChI=1S/C28H28ClIN4O5/c1-5-38-23-12-19(14-31-34-28(37)27(36)33-25-17(3)7-6-8-18(25)4)11-22(30)26(23)39-15-24(35)32-20-10-9-16(2)21(29)13-20/h6-14H,5,15H2,1-4H3,(H,32,35)(H,33,36)(H,34,37)/b31-14-. The highest BCUT2D eigenvalue weighted by Gasteiger charge is 2.16. The lowest BCUT2D eigenvalue weighted by atomic mass is 10.1. The van der Waals surface area contributed by atoms with Crippen LogP contribution in [-0.2, 0) is 14.4 Å². The molecule has 3 N–H and O–H groups in total. The van der Waals surface area contributed by atoms with Crippen molar-refractivity contribution < 1.29 is 23.9 Å². The maximum atomic E-state index is 12.4. The number of anilines is 2. The predicted molar refractivity (Wildman–Crippen MR) is 161 cm³/mol. The van der Waals surface area contributed by atoms with E-state index in [1.165, 1.54) is 6.21 Å². The number of nitrogens with one attached hydrogen (secondary N) is 3. The van der Waals surface area contributed by atoms with Crippen molar-refractivity contribution in [3.05, 3.63) is 79.4 Å². The van der Waals surface area contributed by atoms with E-state index >= 15 is 0 Å². The molecule has 3 rings (SSSR count). The number of hydrogen-bond donors (Lipinski definition) is 3. The lowest BCUT2D eigenvalue weighted by Gasteiger charge is -2.15. The second-order valence-corrected chi connectivity index (χ2v) is 10.1. The maximum Gasteiger partial charge on any atom is 0.329 e. The molecule has 0 aliphatic rings. The van der Waals surface area contributed by atoms with Gasteiger partial charge < -0.3 is 20.1 Å². The van der Waals surface area contributed by atoms with Gasteiger partial charge in [0.05, 0.1) is 16.4 Å². The summed E-state index contributed by atoms with van der Waals surface area (Å²) in [7, 11) is 0. The van der Waals surface area contributed by atoms with E-state index in [0.717, 1.165) is 16.7 Å². The van der Waals surface area contributed by atoms with Gasteiger partial charge in [-0.25, -0.2) is 5.43 Å². The number of carbonyl (C=O) groups excluding carboxylic acids is 3. The third-order valence-corrected chi connectivity index (χ3v) is 6.65. The molecule has 0 aromatic heterocycles. The van der Waals surface area contributed by atoms with Crippen LogP contribution in [0.4, 0.5) is 11.4 Å². The quantitative estimate of drug-likeness (QED) is 0.123. The molecular formula is C28H28ClIN4O5. The fourth-order valence-corrected chi connectivity index (χ4v) is 4.43. The fraction of sp³-hybridized carbons (Fsp3) is 0.214. The summed E-state index contributed by atoms with van der Waals surface area (Å²) in [5.74, 6) is -1.31. The molecule has 204 valence electrons. The summed E-state index contributed by atoms with van der Waals surface area (Å²) in [6.07, 6.45) is 1.38. The van der Waals surface area contributed by atoms with Crippen LogP contribution in [-0.4, -0.2) is 37.1 Å². The normalized spacial score (nSPS) is 10.7. The predicted octanol–water partition coefficient (Wildman–Crippen LogP) is 5.37. The molecule has 0 spiro atoms. The number of carbonyl (C=O) groups is 3. The van der Waals surface area contributed by atoms with E-state index in [2.05, 4.69) is 43.8 Å². The molecular weight excluding hydrogens is 635 g/mol. The minimum atomic E-state index is -0.908. The minimum Gasteiger partial charge on any atom is -0.490 e. The number of benzene rings is 3. The van der Waals surface area contributed by atoms with Gasteiger partial charge in [0.2, 0.25) is 0 Å². The second kappa shape index (κ2) is 13.9. The first-order valence-corrected chi connectivity index (χ1v) is 13.4. The number of para-hydroxylation sites is 1. The first kappa shape index (κ1) is 29.9. The number of hydrazone groups is 1. The lowest BCUT2D eigenvalue weighted by molar-refractivity contribution is -0.136. The zero-order valence-corrected chi connectivity index (χ0v) is 24.8. The van der Waals surface area contributed by atoms with Crippen molar-refractivity contribution in [3.8, 4) is 11.5 Å². The van der Waals surface area contributed by atoms with Gasteiger partial charge in [0, 0.05) is 16.4 Å². The van der Waals surface area contributed by atoms with Crippen LogP contribution in [0, 0.1) is 24.3 Å². The zero-order chi connectivity index (χ0) is 28.5. The molecule has 0 aliphatic carbocycles. The first-order chi connectivity index (χ1) is 18.6. The molecule has 9 nitrogen and oxygen atoms in total. The largest absolute Gasteiger partial charge is 0.490 e. The van der Waals surface area contributed by atoms with Crippen molar-refractivity contribution in [3.63, 3.8) is 0 Å². The second-order valence-electron chi connectivity index (χ2n) is 8.48. The topological polar surface area (TPSA) is 118 Å². The summed E-state index contributed by atoms with van der Waals surface area (Å²) in [4.78, 5) is 37.0. The molecule has 0 aliphatic heterocycles. The van der Waals surface area contributed by atoms with Gasteiger partial charge in [0.1, 0.15) is 0 Å². The molecule has 0 fully saturated rings. The number of rotatable bonds is 9. The molecule has 0 atom stereocenters. The average molecular weight is 663 g/mol. The number of amides is 3. The molecule has 0 saturated carbocycles. The fourth-order valence-electron chi connectivity index (χ4n) is 3.47. The Morgan fingerprint density at radius 1 is 0.949 bits per heavy atom. The Hall–Kier alpha value is -3.64. The van der Waals surface area contributed by atoms with Crippen LogP contribution in [0.25, 0.3) is 0 Å². The maximum absolute atomic E-state index is 12.4. The van der Waals surface area contributed by atoms with E-state index in [9.17, 15) is 14.4 Å². The van der Waals surface area contributed by atoms with E-state index in [0.29, 0.717) is 43.6 Å². The third kappa shape index (κ3) is 8.42. The zero-order valence-electron chi connectivity index (χ0n) is 21.9. The summed E-state index contributed by atoms with van der Waals surface area (Å²) < 4.78 is 12.1. The number of aryl methyl sites for hydroxylation is 3. The highest BCUT2D eigenvalue weighted by Crippen LogP contribution is 2.34. The van der Waals surface area contributed by atoms with Crippen LogP contribution in [0.15, 0.2) is 53.6 Å². The summed E-state index contributed by atoms with van der Waals surface area (Å²) in [6.45, 7) is 7.49. The highest BCUT2D eigenvalue weighted by atomic mass is 127. The Kier molecular flexibility index (Phi) is 10.7. The number of hydrogen-bond acceptors (Lipinski definition) is 6. The van der Waals surface area contributed by atoms with Crippen LogP contribution < -0.4 is 25.5 Å². The monoisotopic (exact) mass is 662 g/mol. The molecule has 11 heteroatoms. The smallest absolute Gasteiger partial charge is 0.329 e. The van der Waals surface area contributed by atoms with Gasteiger partial charge in [-0.2, -0.15) is 5.10 Å². The van der Waals surface area contributed by atoms with Gasteiger partial charge in [-0.15, -0.1) is 0 Å². The van der Waals surface area contributed by atoms with Crippen molar-refractivity contribution in [2.75, 3.05) is 23.8 Å². The SMILES string of the molecule is CCOc1cc(/C=N\NC(=O)C(=O)Nc2c(C)cccc2C)cc(I)c1OCC(=O)Nc1ccc(C)c(Cl)c1. The molecule has 0 saturated heterocycles. The van der Waals surface area contributed by atoms with Crippen molar-refractivity contribution in [1.82, 2.24) is 5.43 Å². The van der Waals surface area contributed by atoms with Crippen LogP contribution in [0.2, 0.25) is 5.02 Å².